The molecule has 7 nitrogen and oxygen atoms in total. The highest BCUT2D eigenvalue weighted by Gasteiger charge is 2.26. The smallest absolute Gasteiger partial charge is 0.121 e. The van der Waals surface area contributed by atoms with Crippen LogP contribution in [0, 0.1) is 0 Å². The molecule has 1 aliphatic heterocycles. The third-order valence-corrected chi connectivity index (χ3v) is 5.06. The minimum absolute atomic E-state index is 0.0835. The molecule has 0 N–H and O–H groups in total. The molecule has 0 bridgehead atoms. The van der Waals surface area contributed by atoms with Crippen LogP contribution < -0.4 is 0 Å². The molecule has 0 saturated carbocycles. The number of hydrogen-bond acceptors (Lipinski definition) is 6. The van der Waals surface area contributed by atoms with E-state index in [4.69, 9.17) is 4.74 Å². The number of rotatable bonds is 4. The summed E-state index contributed by atoms with van der Waals surface area (Å²) < 4.78 is 7.86. The van der Waals surface area contributed by atoms with Crippen LogP contribution >= 0.6 is 0 Å². The van der Waals surface area contributed by atoms with Crippen LogP contribution in [-0.2, 0) is 11.3 Å². The van der Waals surface area contributed by atoms with E-state index in [2.05, 4.69) is 49.4 Å². The lowest BCUT2D eigenvalue weighted by molar-refractivity contribution is -0.0343. The van der Waals surface area contributed by atoms with Gasteiger partial charge in [0.05, 0.1) is 12.1 Å². The van der Waals surface area contributed by atoms with E-state index in [0.717, 1.165) is 42.0 Å². The zero-order valence-electron chi connectivity index (χ0n) is 15.3. The summed E-state index contributed by atoms with van der Waals surface area (Å²) in [5.41, 5.74) is 5.31. The molecule has 1 saturated heterocycles. The lowest BCUT2D eigenvalue weighted by Crippen LogP contribution is -2.38. The Morgan fingerprint density at radius 3 is 2.54 bits per heavy atom. The Hall–Kier alpha value is -3.16. The van der Waals surface area contributed by atoms with Crippen molar-refractivity contribution in [3.8, 4) is 11.1 Å². The van der Waals surface area contributed by atoms with Gasteiger partial charge in [-0.05, 0) is 41.5 Å². The summed E-state index contributed by atoms with van der Waals surface area (Å²) in [6, 6.07) is 12.2. The molecule has 1 atom stereocenters. The third-order valence-electron chi connectivity index (χ3n) is 5.06. The fraction of sp³-hybridized carbons (Fsp3) is 0.238. The largest absolute Gasteiger partial charge is 0.369 e. The summed E-state index contributed by atoms with van der Waals surface area (Å²) in [6.07, 6.45) is 9.17. The van der Waals surface area contributed by atoms with Crippen LogP contribution in [0.4, 0.5) is 0 Å². The third kappa shape index (κ3) is 3.37. The molecule has 0 unspecified atom stereocenters. The van der Waals surface area contributed by atoms with E-state index >= 15 is 0 Å². The van der Waals surface area contributed by atoms with Crippen molar-refractivity contribution in [3.63, 3.8) is 0 Å². The van der Waals surface area contributed by atoms with Crippen molar-refractivity contribution in [2.45, 2.75) is 12.6 Å². The molecule has 0 aliphatic carbocycles. The van der Waals surface area contributed by atoms with Gasteiger partial charge in [0.2, 0.25) is 0 Å². The van der Waals surface area contributed by atoms with Crippen LogP contribution in [0.2, 0.25) is 0 Å². The number of fused-ring (bicyclic) bond motifs is 1. The standard InChI is InChI=1S/C21H20N6O/c1-2-19-21(24-25-27(19)14-18(1)17-5-9-23-10-6-17)20-15-26(11-12-28-20)13-16-3-7-22-8-4-16/h1-10,14,20H,11-13,15H2/t20-/m1/s1. The Morgan fingerprint density at radius 1 is 0.929 bits per heavy atom. The van der Waals surface area contributed by atoms with Gasteiger partial charge >= 0.3 is 0 Å². The van der Waals surface area contributed by atoms with Gasteiger partial charge in [-0.1, -0.05) is 11.3 Å². The second kappa shape index (κ2) is 7.46. The minimum atomic E-state index is -0.0835. The molecule has 140 valence electrons. The summed E-state index contributed by atoms with van der Waals surface area (Å²) in [6.45, 7) is 3.27. The monoisotopic (exact) mass is 372 g/mol. The van der Waals surface area contributed by atoms with Crippen molar-refractivity contribution in [2.75, 3.05) is 19.7 Å². The van der Waals surface area contributed by atoms with Crippen LogP contribution in [0.15, 0.2) is 67.4 Å². The summed E-state index contributed by atoms with van der Waals surface area (Å²) in [5.74, 6) is 0. The van der Waals surface area contributed by atoms with Crippen molar-refractivity contribution in [2.24, 2.45) is 0 Å². The predicted octanol–water partition coefficient (Wildman–Crippen LogP) is 2.76. The SMILES string of the molecule is c1cc(CN2CCO[C@@H](c3nnn4cc(-c5ccncc5)ccc34)C2)ccn1. The number of pyridine rings is 3. The molecule has 0 spiro atoms. The van der Waals surface area contributed by atoms with Crippen molar-refractivity contribution < 1.29 is 4.74 Å². The van der Waals surface area contributed by atoms with Crippen LogP contribution in [0.3, 0.4) is 0 Å². The minimum Gasteiger partial charge on any atom is -0.369 e. The Balaban J connectivity index is 1.38. The molecule has 4 aromatic rings. The van der Waals surface area contributed by atoms with Gasteiger partial charge in [-0.15, -0.1) is 5.10 Å². The summed E-state index contributed by atoms with van der Waals surface area (Å²) in [4.78, 5) is 10.6. The molecule has 0 amide bonds. The van der Waals surface area contributed by atoms with E-state index in [1.54, 1.807) is 12.4 Å². The van der Waals surface area contributed by atoms with Crippen molar-refractivity contribution in [1.82, 2.24) is 29.7 Å². The van der Waals surface area contributed by atoms with E-state index in [1.807, 2.05) is 35.2 Å². The van der Waals surface area contributed by atoms with E-state index < -0.39 is 0 Å². The van der Waals surface area contributed by atoms with Gasteiger partial charge < -0.3 is 4.74 Å². The quantitative estimate of drug-likeness (QED) is 0.549. The maximum atomic E-state index is 6.04. The highest BCUT2D eigenvalue weighted by atomic mass is 16.5. The predicted molar refractivity (Wildman–Crippen MR) is 104 cm³/mol. The average Bonchev–Trinajstić information content (AvgIpc) is 3.19. The van der Waals surface area contributed by atoms with Crippen LogP contribution in [-0.4, -0.2) is 49.4 Å². The highest BCUT2D eigenvalue weighted by molar-refractivity contribution is 5.65. The van der Waals surface area contributed by atoms with Crippen molar-refractivity contribution in [3.05, 3.63) is 78.6 Å². The van der Waals surface area contributed by atoms with Gasteiger partial charge in [0.15, 0.2) is 0 Å². The summed E-state index contributed by atoms with van der Waals surface area (Å²) in [5, 5.41) is 8.77. The zero-order valence-corrected chi connectivity index (χ0v) is 15.3. The van der Waals surface area contributed by atoms with Gasteiger partial charge in [0.25, 0.3) is 0 Å². The maximum Gasteiger partial charge on any atom is 0.121 e. The molecule has 5 rings (SSSR count). The summed E-state index contributed by atoms with van der Waals surface area (Å²) >= 11 is 0. The first-order valence-corrected chi connectivity index (χ1v) is 9.35. The van der Waals surface area contributed by atoms with Crippen LogP contribution in [0.25, 0.3) is 16.6 Å². The van der Waals surface area contributed by atoms with E-state index in [1.165, 1.54) is 5.56 Å². The zero-order chi connectivity index (χ0) is 18.8. The van der Waals surface area contributed by atoms with Gasteiger partial charge in [0.1, 0.15) is 11.8 Å². The summed E-state index contributed by atoms with van der Waals surface area (Å²) in [7, 11) is 0. The first-order valence-electron chi connectivity index (χ1n) is 9.35. The van der Waals surface area contributed by atoms with Gasteiger partial charge in [0, 0.05) is 56.2 Å². The van der Waals surface area contributed by atoms with E-state index in [9.17, 15) is 0 Å². The first kappa shape index (κ1) is 17.0. The normalized spacial score (nSPS) is 17.8. The Bertz CT molecular complexity index is 1070. The van der Waals surface area contributed by atoms with E-state index in [0.29, 0.717) is 6.61 Å². The van der Waals surface area contributed by atoms with Gasteiger partial charge in [-0.2, -0.15) is 0 Å². The number of nitrogens with zero attached hydrogens (tertiary/aromatic N) is 6. The molecular formula is C21H20N6O. The fourth-order valence-corrected chi connectivity index (χ4v) is 3.62. The second-order valence-electron chi connectivity index (χ2n) is 6.91. The topological polar surface area (TPSA) is 68.4 Å². The molecule has 5 heterocycles. The Labute approximate surface area is 162 Å². The lowest BCUT2D eigenvalue weighted by atomic mass is 10.1. The molecule has 1 aliphatic rings. The number of ether oxygens (including phenoxy) is 1. The molecule has 0 aromatic carbocycles. The molecular weight excluding hydrogens is 352 g/mol. The molecule has 1 fully saturated rings. The maximum absolute atomic E-state index is 6.04. The number of morpholine rings is 1. The Morgan fingerprint density at radius 2 is 1.71 bits per heavy atom. The van der Waals surface area contributed by atoms with Gasteiger partial charge in [-0.25, -0.2) is 4.52 Å². The first-order chi connectivity index (χ1) is 13.9. The second-order valence-corrected chi connectivity index (χ2v) is 6.91. The molecule has 28 heavy (non-hydrogen) atoms. The van der Waals surface area contributed by atoms with Crippen molar-refractivity contribution >= 4 is 5.52 Å². The molecule has 7 heteroatoms. The van der Waals surface area contributed by atoms with Crippen LogP contribution in [0.1, 0.15) is 17.4 Å². The van der Waals surface area contributed by atoms with Crippen molar-refractivity contribution in [1.29, 1.82) is 0 Å². The highest BCUT2D eigenvalue weighted by Crippen LogP contribution is 2.27. The Kier molecular flexibility index (Phi) is 4.52. The van der Waals surface area contributed by atoms with E-state index in [-0.39, 0.29) is 6.10 Å². The number of hydrogen-bond donors (Lipinski definition) is 0. The lowest BCUT2D eigenvalue weighted by Gasteiger charge is -2.32. The molecule has 0 radical (unpaired) electrons. The average molecular weight is 372 g/mol. The van der Waals surface area contributed by atoms with Gasteiger partial charge in [-0.3, -0.25) is 14.9 Å². The fourth-order valence-electron chi connectivity index (χ4n) is 3.62. The number of aromatic nitrogens is 5. The molecule has 4 aromatic heterocycles. The van der Waals surface area contributed by atoms with Crippen LogP contribution in [0.5, 0.6) is 0 Å².